The zero-order valence-electron chi connectivity index (χ0n) is 10.9. The minimum absolute atomic E-state index is 0.723. The quantitative estimate of drug-likeness (QED) is 0.625. The number of rotatable bonds is 5. The number of allylic oxidation sites excluding steroid dienone is 1. The average molecular weight is 233 g/mol. The summed E-state index contributed by atoms with van der Waals surface area (Å²) in [6.45, 7) is 7.70. The van der Waals surface area contributed by atoms with Crippen LogP contribution in [0.25, 0.3) is 0 Å². The molecule has 2 rings (SSSR count). The molecule has 0 spiro atoms. The molecule has 0 amide bonds. The molecule has 1 aliphatic carbocycles. The second-order valence-corrected chi connectivity index (χ2v) is 5.08. The number of aromatic nitrogens is 2. The summed E-state index contributed by atoms with van der Waals surface area (Å²) in [6.07, 6.45) is 8.84. The number of nitrogens with one attached hydrogen (secondary N) is 1. The van der Waals surface area contributed by atoms with E-state index in [1.807, 2.05) is 23.1 Å². The van der Waals surface area contributed by atoms with Crippen LogP contribution in [0.3, 0.4) is 0 Å². The van der Waals surface area contributed by atoms with Gasteiger partial charge in [0.15, 0.2) is 0 Å². The maximum absolute atomic E-state index is 4.20. The molecule has 1 N–H and O–H groups in total. The van der Waals surface area contributed by atoms with Crippen LogP contribution in [0.1, 0.15) is 26.7 Å². The van der Waals surface area contributed by atoms with Crippen LogP contribution in [-0.2, 0) is 6.54 Å². The predicted molar refractivity (Wildman–Crippen MR) is 70.7 cm³/mol. The fraction of sp³-hybridized carbons (Fsp3) is 0.643. The van der Waals surface area contributed by atoms with Crippen molar-refractivity contribution >= 4 is 0 Å². The van der Waals surface area contributed by atoms with Gasteiger partial charge in [-0.25, -0.2) is 0 Å². The van der Waals surface area contributed by atoms with Crippen LogP contribution in [0, 0.1) is 11.8 Å². The third-order valence-corrected chi connectivity index (χ3v) is 3.80. The van der Waals surface area contributed by atoms with Crippen LogP contribution < -0.4 is 5.32 Å². The molecule has 2 atom stereocenters. The van der Waals surface area contributed by atoms with Gasteiger partial charge in [-0.05, 0) is 37.7 Å². The van der Waals surface area contributed by atoms with Crippen molar-refractivity contribution in [1.82, 2.24) is 15.1 Å². The minimum atomic E-state index is 0.723. The van der Waals surface area contributed by atoms with Crippen molar-refractivity contribution in [2.24, 2.45) is 11.8 Å². The summed E-state index contributed by atoms with van der Waals surface area (Å²) in [5.41, 5.74) is 1.57. The maximum atomic E-state index is 4.20. The van der Waals surface area contributed by atoms with Gasteiger partial charge in [-0.3, -0.25) is 4.68 Å². The molecule has 3 heteroatoms. The molecular formula is C14H23N3. The lowest BCUT2D eigenvalue weighted by atomic mass is 9.80. The summed E-state index contributed by atoms with van der Waals surface area (Å²) in [5.74, 6) is 1.54. The largest absolute Gasteiger partial charge is 0.314 e. The number of hydrogen-bond donors (Lipinski definition) is 1. The first-order valence-corrected chi connectivity index (χ1v) is 6.62. The van der Waals surface area contributed by atoms with Gasteiger partial charge in [0, 0.05) is 25.5 Å². The topological polar surface area (TPSA) is 29.9 Å². The van der Waals surface area contributed by atoms with Crippen molar-refractivity contribution in [3.05, 3.63) is 30.1 Å². The van der Waals surface area contributed by atoms with E-state index < -0.39 is 0 Å². The fourth-order valence-corrected chi connectivity index (χ4v) is 2.62. The molecular weight excluding hydrogens is 210 g/mol. The highest BCUT2D eigenvalue weighted by Crippen LogP contribution is 2.29. The van der Waals surface area contributed by atoms with Crippen molar-refractivity contribution in [1.29, 1.82) is 0 Å². The minimum Gasteiger partial charge on any atom is -0.314 e. The summed E-state index contributed by atoms with van der Waals surface area (Å²) in [7, 11) is 0. The summed E-state index contributed by atoms with van der Waals surface area (Å²) in [5, 5.41) is 7.75. The molecule has 94 valence electrons. The average Bonchev–Trinajstić information content (AvgIpc) is 2.80. The summed E-state index contributed by atoms with van der Waals surface area (Å²) in [6, 6.07) is 1.97. The first-order chi connectivity index (χ1) is 8.27. The SMILES string of the molecule is CC1=CCCC(C)C1CNCCn1cccn1. The smallest absolute Gasteiger partial charge is 0.0533 e. The molecule has 1 heterocycles. The Hall–Kier alpha value is -1.09. The van der Waals surface area contributed by atoms with Crippen LogP contribution in [0.2, 0.25) is 0 Å². The standard InChI is InChI=1S/C14H23N3/c1-12-5-3-6-13(2)14(12)11-15-8-10-17-9-4-7-16-17/h4-5,7,9,13-15H,3,6,8,10-11H2,1-2H3. The Kier molecular flexibility index (Phi) is 4.37. The Bertz CT molecular complexity index is 354. The Labute approximate surface area is 104 Å². The van der Waals surface area contributed by atoms with E-state index in [0.717, 1.165) is 31.5 Å². The van der Waals surface area contributed by atoms with E-state index in [9.17, 15) is 0 Å². The Morgan fingerprint density at radius 2 is 2.41 bits per heavy atom. The van der Waals surface area contributed by atoms with E-state index >= 15 is 0 Å². The van der Waals surface area contributed by atoms with E-state index in [-0.39, 0.29) is 0 Å². The highest BCUT2D eigenvalue weighted by molar-refractivity contribution is 5.09. The van der Waals surface area contributed by atoms with Crippen LogP contribution in [0.15, 0.2) is 30.1 Å². The molecule has 0 radical (unpaired) electrons. The van der Waals surface area contributed by atoms with Crippen LogP contribution in [-0.4, -0.2) is 22.9 Å². The van der Waals surface area contributed by atoms with Gasteiger partial charge in [-0.15, -0.1) is 0 Å². The Morgan fingerprint density at radius 1 is 1.53 bits per heavy atom. The van der Waals surface area contributed by atoms with Gasteiger partial charge in [0.1, 0.15) is 0 Å². The monoisotopic (exact) mass is 233 g/mol. The fourth-order valence-electron chi connectivity index (χ4n) is 2.62. The summed E-state index contributed by atoms with van der Waals surface area (Å²) >= 11 is 0. The molecule has 1 aromatic rings. The molecule has 3 nitrogen and oxygen atoms in total. The van der Waals surface area contributed by atoms with E-state index in [2.05, 4.69) is 30.3 Å². The molecule has 17 heavy (non-hydrogen) atoms. The van der Waals surface area contributed by atoms with Gasteiger partial charge in [0.05, 0.1) is 6.54 Å². The van der Waals surface area contributed by atoms with Crippen molar-refractivity contribution < 1.29 is 0 Å². The summed E-state index contributed by atoms with van der Waals surface area (Å²) in [4.78, 5) is 0. The summed E-state index contributed by atoms with van der Waals surface area (Å²) < 4.78 is 1.97. The Balaban J connectivity index is 1.71. The molecule has 0 aromatic carbocycles. The second kappa shape index (κ2) is 6.01. The lowest BCUT2D eigenvalue weighted by Gasteiger charge is -2.29. The van der Waals surface area contributed by atoms with Crippen LogP contribution in [0.4, 0.5) is 0 Å². The molecule has 0 aliphatic heterocycles. The molecule has 0 saturated carbocycles. The lowest BCUT2D eigenvalue weighted by molar-refractivity contribution is 0.347. The normalized spacial score (nSPS) is 24.7. The van der Waals surface area contributed by atoms with Crippen LogP contribution >= 0.6 is 0 Å². The van der Waals surface area contributed by atoms with E-state index in [1.54, 1.807) is 5.57 Å². The van der Waals surface area contributed by atoms with E-state index in [4.69, 9.17) is 0 Å². The van der Waals surface area contributed by atoms with Crippen molar-refractivity contribution in [3.63, 3.8) is 0 Å². The van der Waals surface area contributed by atoms with Gasteiger partial charge >= 0.3 is 0 Å². The van der Waals surface area contributed by atoms with Crippen molar-refractivity contribution in [3.8, 4) is 0 Å². The second-order valence-electron chi connectivity index (χ2n) is 5.08. The van der Waals surface area contributed by atoms with Gasteiger partial charge < -0.3 is 5.32 Å². The molecule has 2 unspecified atom stereocenters. The zero-order chi connectivity index (χ0) is 12.1. The molecule has 0 saturated heterocycles. The maximum Gasteiger partial charge on any atom is 0.0533 e. The number of nitrogens with zero attached hydrogens (tertiary/aromatic N) is 2. The van der Waals surface area contributed by atoms with Gasteiger partial charge in [-0.1, -0.05) is 18.6 Å². The molecule has 0 fully saturated rings. The molecule has 1 aromatic heterocycles. The van der Waals surface area contributed by atoms with Crippen molar-refractivity contribution in [2.75, 3.05) is 13.1 Å². The zero-order valence-corrected chi connectivity index (χ0v) is 10.9. The highest BCUT2D eigenvalue weighted by Gasteiger charge is 2.21. The van der Waals surface area contributed by atoms with Crippen LogP contribution in [0.5, 0.6) is 0 Å². The van der Waals surface area contributed by atoms with Crippen molar-refractivity contribution in [2.45, 2.75) is 33.2 Å². The van der Waals surface area contributed by atoms with E-state index in [0.29, 0.717) is 0 Å². The molecule has 1 aliphatic rings. The first-order valence-electron chi connectivity index (χ1n) is 6.62. The van der Waals surface area contributed by atoms with Gasteiger partial charge in [0.2, 0.25) is 0 Å². The third kappa shape index (κ3) is 3.43. The van der Waals surface area contributed by atoms with Gasteiger partial charge in [-0.2, -0.15) is 5.10 Å². The lowest BCUT2D eigenvalue weighted by Crippen LogP contribution is -2.31. The number of hydrogen-bond acceptors (Lipinski definition) is 2. The predicted octanol–water partition coefficient (Wildman–Crippen LogP) is 2.47. The van der Waals surface area contributed by atoms with Gasteiger partial charge in [0.25, 0.3) is 0 Å². The molecule has 0 bridgehead atoms. The Morgan fingerprint density at radius 3 is 3.12 bits per heavy atom. The third-order valence-electron chi connectivity index (χ3n) is 3.80. The van der Waals surface area contributed by atoms with E-state index in [1.165, 1.54) is 12.8 Å². The highest BCUT2D eigenvalue weighted by atomic mass is 15.3. The first kappa shape index (κ1) is 12.4.